The van der Waals surface area contributed by atoms with Crippen LogP contribution in [0.4, 0.5) is 0 Å². The zero-order valence-corrected chi connectivity index (χ0v) is 12.4. The quantitative estimate of drug-likeness (QED) is 0.898. The third-order valence-corrected chi connectivity index (χ3v) is 3.57. The molecule has 1 atom stereocenters. The van der Waals surface area contributed by atoms with Crippen LogP contribution in [0.25, 0.3) is 0 Å². The van der Waals surface area contributed by atoms with E-state index in [1.807, 2.05) is 0 Å². The summed E-state index contributed by atoms with van der Waals surface area (Å²) in [5.74, 6) is 0. The van der Waals surface area contributed by atoms with Gasteiger partial charge in [-0.3, -0.25) is 0 Å². The van der Waals surface area contributed by atoms with E-state index in [9.17, 15) is 0 Å². The molecule has 0 aliphatic carbocycles. The van der Waals surface area contributed by atoms with Crippen LogP contribution >= 0.6 is 15.9 Å². The monoisotopic (exact) mass is 303 g/mol. The molecule has 0 radical (unpaired) electrons. The first-order valence-electron chi connectivity index (χ1n) is 6.13. The average Bonchev–Trinajstić information content (AvgIpc) is 2.31. The highest BCUT2D eigenvalue weighted by atomic mass is 79.9. The minimum absolute atomic E-state index is 0.0600. The molecule has 1 unspecified atom stereocenters. The Morgan fingerprint density at radius 3 is 2.11 bits per heavy atom. The minimum atomic E-state index is 0.0600. The SMILES string of the molecule is Cc1cc(C)cc(C(N)Cc2ccc(Br)cc2)c1. The highest BCUT2D eigenvalue weighted by molar-refractivity contribution is 9.10. The van der Waals surface area contributed by atoms with Crippen molar-refractivity contribution in [2.24, 2.45) is 5.73 Å². The van der Waals surface area contributed by atoms with Crippen molar-refractivity contribution in [1.82, 2.24) is 0 Å². The van der Waals surface area contributed by atoms with Crippen molar-refractivity contribution in [3.8, 4) is 0 Å². The number of hydrogen-bond acceptors (Lipinski definition) is 1. The van der Waals surface area contributed by atoms with E-state index in [-0.39, 0.29) is 6.04 Å². The number of benzene rings is 2. The van der Waals surface area contributed by atoms with Crippen LogP contribution < -0.4 is 5.73 Å². The normalized spacial score (nSPS) is 12.4. The van der Waals surface area contributed by atoms with Gasteiger partial charge in [-0.25, -0.2) is 0 Å². The van der Waals surface area contributed by atoms with Crippen molar-refractivity contribution in [2.45, 2.75) is 26.3 Å². The highest BCUT2D eigenvalue weighted by Crippen LogP contribution is 2.20. The Hall–Kier alpha value is -1.12. The Balaban J connectivity index is 2.16. The van der Waals surface area contributed by atoms with E-state index in [4.69, 9.17) is 5.73 Å². The van der Waals surface area contributed by atoms with E-state index in [2.05, 4.69) is 72.2 Å². The molecular formula is C16H18BrN. The third kappa shape index (κ3) is 3.44. The maximum Gasteiger partial charge on any atom is 0.0335 e. The van der Waals surface area contributed by atoms with E-state index in [1.54, 1.807) is 0 Å². The van der Waals surface area contributed by atoms with Crippen LogP contribution in [0.5, 0.6) is 0 Å². The molecule has 0 fully saturated rings. The standard InChI is InChI=1S/C16H18BrN/c1-11-7-12(2)9-14(8-11)16(18)10-13-3-5-15(17)6-4-13/h3-9,16H,10,18H2,1-2H3. The lowest BCUT2D eigenvalue weighted by atomic mass is 9.97. The van der Waals surface area contributed by atoms with Crippen LogP contribution in [-0.4, -0.2) is 0 Å². The van der Waals surface area contributed by atoms with Crippen LogP contribution in [0.2, 0.25) is 0 Å². The smallest absolute Gasteiger partial charge is 0.0335 e. The second kappa shape index (κ2) is 5.68. The van der Waals surface area contributed by atoms with Gasteiger partial charge in [0.05, 0.1) is 0 Å². The van der Waals surface area contributed by atoms with Gasteiger partial charge in [0.15, 0.2) is 0 Å². The van der Waals surface area contributed by atoms with Gasteiger partial charge >= 0.3 is 0 Å². The molecule has 0 heterocycles. The first-order valence-corrected chi connectivity index (χ1v) is 6.92. The first kappa shape index (κ1) is 13.3. The summed E-state index contributed by atoms with van der Waals surface area (Å²) in [6.45, 7) is 4.23. The Labute approximate surface area is 117 Å². The second-order valence-electron chi connectivity index (χ2n) is 4.86. The van der Waals surface area contributed by atoms with Crippen molar-refractivity contribution in [3.63, 3.8) is 0 Å². The summed E-state index contributed by atoms with van der Waals surface area (Å²) < 4.78 is 1.10. The Morgan fingerprint density at radius 1 is 1.00 bits per heavy atom. The molecule has 0 spiro atoms. The maximum absolute atomic E-state index is 6.29. The largest absolute Gasteiger partial charge is 0.324 e. The van der Waals surface area contributed by atoms with E-state index in [0.717, 1.165) is 10.9 Å². The van der Waals surface area contributed by atoms with E-state index >= 15 is 0 Å². The number of nitrogens with two attached hydrogens (primary N) is 1. The summed E-state index contributed by atoms with van der Waals surface area (Å²) in [5, 5.41) is 0. The molecule has 0 aromatic heterocycles. The molecule has 0 bridgehead atoms. The number of rotatable bonds is 3. The Kier molecular flexibility index (Phi) is 4.20. The van der Waals surface area contributed by atoms with Crippen molar-refractivity contribution in [2.75, 3.05) is 0 Å². The summed E-state index contributed by atoms with van der Waals surface area (Å²) in [4.78, 5) is 0. The van der Waals surface area contributed by atoms with E-state index in [1.165, 1.54) is 22.3 Å². The topological polar surface area (TPSA) is 26.0 Å². The maximum atomic E-state index is 6.29. The average molecular weight is 304 g/mol. The fourth-order valence-electron chi connectivity index (χ4n) is 2.22. The molecule has 0 saturated carbocycles. The van der Waals surface area contributed by atoms with Gasteiger partial charge in [0.1, 0.15) is 0 Å². The Bertz CT molecular complexity index is 511. The molecular weight excluding hydrogens is 286 g/mol. The van der Waals surface area contributed by atoms with Crippen LogP contribution in [-0.2, 0) is 6.42 Å². The van der Waals surface area contributed by atoms with E-state index in [0.29, 0.717) is 0 Å². The van der Waals surface area contributed by atoms with Gasteiger partial charge in [-0.15, -0.1) is 0 Å². The number of halogens is 1. The summed E-state index contributed by atoms with van der Waals surface area (Å²) in [6, 6.07) is 14.9. The summed E-state index contributed by atoms with van der Waals surface area (Å²) in [6.07, 6.45) is 0.871. The van der Waals surface area contributed by atoms with Crippen LogP contribution in [0.15, 0.2) is 46.9 Å². The molecule has 1 nitrogen and oxygen atoms in total. The van der Waals surface area contributed by atoms with Gasteiger partial charge < -0.3 is 5.73 Å². The second-order valence-corrected chi connectivity index (χ2v) is 5.77. The van der Waals surface area contributed by atoms with Gasteiger partial charge in [0, 0.05) is 10.5 Å². The fraction of sp³-hybridized carbons (Fsp3) is 0.250. The molecule has 0 aliphatic heterocycles. The molecule has 2 N–H and O–H groups in total. The molecule has 2 heteroatoms. The molecule has 0 amide bonds. The molecule has 0 aliphatic rings. The minimum Gasteiger partial charge on any atom is -0.324 e. The zero-order chi connectivity index (χ0) is 13.1. The summed E-state index contributed by atoms with van der Waals surface area (Å²) >= 11 is 3.44. The molecule has 18 heavy (non-hydrogen) atoms. The van der Waals surface area contributed by atoms with Crippen molar-refractivity contribution in [3.05, 3.63) is 69.2 Å². The zero-order valence-electron chi connectivity index (χ0n) is 10.8. The Morgan fingerprint density at radius 2 is 1.56 bits per heavy atom. The van der Waals surface area contributed by atoms with Crippen molar-refractivity contribution >= 4 is 15.9 Å². The van der Waals surface area contributed by atoms with Gasteiger partial charge in [-0.05, 0) is 43.5 Å². The van der Waals surface area contributed by atoms with Crippen LogP contribution in [0.3, 0.4) is 0 Å². The van der Waals surface area contributed by atoms with Crippen molar-refractivity contribution < 1.29 is 0 Å². The molecule has 94 valence electrons. The molecule has 2 aromatic carbocycles. The van der Waals surface area contributed by atoms with Gasteiger partial charge in [-0.1, -0.05) is 57.4 Å². The summed E-state index contributed by atoms with van der Waals surface area (Å²) in [7, 11) is 0. The van der Waals surface area contributed by atoms with Crippen LogP contribution in [0.1, 0.15) is 28.3 Å². The van der Waals surface area contributed by atoms with Gasteiger partial charge in [0.25, 0.3) is 0 Å². The lowest BCUT2D eigenvalue weighted by Gasteiger charge is -2.14. The highest BCUT2D eigenvalue weighted by Gasteiger charge is 2.08. The number of aryl methyl sites for hydroxylation is 2. The van der Waals surface area contributed by atoms with E-state index < -0.39 is 0 Å². The van der Waals surface area contributed by atoms with Crippen molar-refractivity contribution in [1.29, 1.82) is 0 Å². The lowest BCUT2D eigenvalue weighted by Crippen LogP contribution is -2.13. The molecule has 2 aromatic rings. The summed E-state index contributed by atoms with van der Waals surface area (Å²) in [5.41, 5.74) is 11.3. The third-order valence-electron chi connectivity index (χ3n) is 3.04. The van der Waals surface area contributed by atoms with Gasteiger partial charge in [0.2, 0.25) is 0 Å². The number of hydrogen-bond donors (Lipinski definition) is 1. The molecule has 2 rings (SSSR count). The predicted molar refractivity (Wildman–Crippen MR) is 80.7 cm³/mol. The molecule has 0 saturated heterocycles. The predicted octanol–water partition coefficient (Wildman–Crippen LogP) is 4.31. The van der Waals surface area contributed by atoms with Gasteiger partial charge in [-0.2, -0.15) is 0 Å². The van der Waals surface area contributed by atoms with Crippen LogP contribution in [0, 0.1) is 13.8 Å². The fourth-order valence-corrected chi connectivity index (χ4v) is 2.48. The first-order chi connectivity index (χ1) is 8.54. The lowest BCUT2D eigenvalue weighted by molar-refractivity contribution is 0.720.